The standard InChI is InChI=1S/C13H24N2S/c14-13(16)9-10-15(12-7-8-12)11-5-3-1-2-4-6-11/h11-12H,1-10H2,(H2,14,16). The van der Waals surface area contributed by atoms with Gasteiger partial charge in [-0.05, 0) is 25.7 Å². The van der Waals surface area contributed by atoms with E-state index in [1.807, 2.05) is 0 Å². The second-order valence-corrected chi connectivity index (χ2v) is 5.86. The molecular weight excluding hydrogens is 216 g/mol. The van der Waals surface area contributed by atoms with Gasteiger partial charge in [0.15, 0.2) is 0 Å². The lowest BCUT2D eigenvalue weighted by molar-refractivity contribution is 0.174. The summed E-state index contributed by atoms with van der Waals surface area (Å²) in [5.74, 6) is 0. The third-order valence-corrected chi connectivity index (χ3v) is 4.13. The lowest BCUT2D eigenvalue weighted by Gasteiger charge is -2.31. The summed E-state index contributed by atoms with van der Waals surface area (Å²) in [4.78, 5) is 3.39. The molecule has 0 amide bonds. The smallest absolute Gasteiger partial charge is 0.0740 e. The molecule has 2 fully saturated rings. The van der Waals surface area contributed by atoms with Crippen molar-refractivity contribution in [2.24, 2.45) is 5.73 Å². The van der Waals surface area contributed by atoms with Crippen molar-refractivity contribution in [3.8, 4) is 0 Å². The Morgan fingerprint density at radius 2 is 1.56 bits per heavy atom. The van der Waals surface area contributed by atoms with Crippen LogP contribution in [0.15, 0.2) is 0 Å². The lowest BCUT2D eigenvalue weighted by Crippen LogP contribution is -2.38. The van der Waals surface area contributed by atoms with Crippen molar-refractivity contribution in [3.63, 3.8) is 0 Å². The van der Waals surface area contributed by atoms with E-state index in [1.54, 1.807) is 0 Å². The quantitative estimate of drug-likeness (QED) is 0.592. The van der Waals surface area contributed by atoms with Gasteiger partial charge in [-0.25, -0.2) is 0 Å². The first kappa shape index (κ1) is 12.3. The van der Waals surface area contributed by atoms with Crippen LogP contribution in [0.4, 0.5) is 0 Å². The van der Waals surface area contributed by atoms with Crippen molar-refractivity contribution >= 4 is 17.2 Å². The third-order valence-electron chi connectivity index (χ3n) is 3.93. The molecule has 0 aromatic rings. The maximum Gasteiger partial charge on any atom is 0.0740 e. The SMILES string of the molecule is NC(=S)CCN(C1CCCCCC1)C1CC1. The normalized spacial score (nSPS) is 23.3. The van der Waals surface area contributed by atoms with Gasteiger partial charge in [0, 0.05) is 25.0 Å². The number of hydrogen-bond acceptors (Lipinski definition) is 2. The van der Waals surface area contributed by atoms with Crippen molar-refractivity contribution in [2.45, 2.75) is 69.9 Å². The van der Waals surface area contributed by atoms with Crippen molar-refractivity contribution in [1.82, 2.24) is 4.90 Å². The highest BCUT2D eigenvalue weighted by Gasteiger charge is 2.33. The first-order valence-corrected chi connectivity index (χ1v) is 7.22. The lowest BCUT2D eigenvalue weighted by atomic mass is 10.1. The minimum Gasteiger partial charge on any atom is -0.393 e. The van der Waals surface area contributed by atoms with Crippen molar-refractivity contribution in [2.75, 3.05) is 6.54 Å². The van der Waals surface area contributed by atoms with Crippen LogP contribution in [0.2, 0.25) is 0 Å². The highest BCUT2D eigenvalue weighted by Crippen LogP contribution is 2.33. The molecule has 2 nitrogen and oxygen atoms in total. The van der Waals surface area contributed by atoms with Gasteiger partial charge in [-0.1, -0.05) is 37.9 Å². The zero-order chi connectivity index (χ0) is 11.4. The molecule has 0 aromatic carbocycles. The molecule has 2 N–H and O–H groups in total. The Bertz CT molecular complexity index is 230. The minimum absolute atomic E-state index is 0.680. The topological polar surface area (TPSA) is 29.3 Å². The number of rotatable bonds is 5. The van der Waals surface area contributed by atoms with Crippen LogP contribution in [0, 0.1) is 0 Å². The monoisotopic (exact) mass is 240 g/mol. The summed E-state index contributed by atoms with van der Waals surface area (Å²) in [6.07, 6.45) is 12.2. The number of thiocarbonyl (C=S) groups is 1. The summed E-state index contributed by atoms with van der Waals surface area (Å²) in [5.41, 5.74) is 5.63. The Morgan fingerprint density at radius 1 is 1.00 bits per heavy atom. The zero-order valence-electron chi connectivity index (χ0n) is 10.2. The molecule has 0 unspecified atom stereocenters. The Labute approximate surface area is 105 Å². The fourth-order valence-corrected chi connectivity index (χ4v) is 2.99. The minimum atomic E-state index is 0.680. The van der Waals surface area contributed by atoms with Crippen LogP contribution in [-0.2, 0) is 0 Å². The van der Waals surface area contributed by atoms with Crippen LogP contribution in [0.1, 0.15) is 57.8 Å². The van der Waals surface area contributed by atoms with Crippen molar-refractivity contribution < 1.29 is 0 Å². The van der Waals surface area contributed by atoms with E-state index in [-0.39, 0.29) is 0 Å². The summed E-state index contributed by atoms with van der Waals surface area (Å²) < 4.78 is 0. The maximum absolute atomic E-state index is 5.63. The molecule has 0 spiro atoms. The molecule has 2 aliphatic rings. The van der Waals surface area contributed by atoms with Crippen molar-refractivity contribution in [3.05, 3.63) is 0 Å². The fourth-order valence-electron chi connectivity index (χ4n) is 2.90. The van der Waals surface area contributed by atoms with Gasteiger partial charge in [-0.2, -0.15) is 0 Å². The van der Waals surface area contributed by atoms with Crippen LogP contribution in [-0.4, -0.2) is 28.5 Å². The highest BCUT2D eigenvalue weighted by atomic mass is 32.1. The molecule has 2 rings (SSSR count). The Kier molecular flexibility index (Phi) is 4.59. The first-order chi connectivity index (χ1) is 7.77. The number of nitrogens with zero attached hydrogens (tertiary/aromatic N) is 1. The predicted molar refractivity (Wildman–Crippen MR) is 72.6 cm³/mol. The van der Waals surface area contributed by atoms with Gasteiger partial charge >= 0.3 is 0 Å². The molecule has 2 aliphatic carbocycles. The third kappa shape index (κ3) is 3.70. The Hall–Kier alpha value is -0.150. The number of hydrogen-bond donors (Lipinski definition) is 1. The highest BCUT2D eigenvalue weighted by molar-refractivity contribution is 7.80. The summed E-state index contributed by atoms with van der Waals surface area (Å²) in [7, 11) is 0. The van der Waals surface area contributed by atoms with Crippen LogP contribution in [0.25, 0.3) is 0 Å². The molecule has 2 saturated carbocycles. The van der Waals surface area contributed by atoms with Gasteiger partial charge in [0.05, 0.1) is 4.99 Å². The van der Waals surface area contributed by atoms with E-state index in [9.17, 15) is 0 Å². The summed E-state index contributed by atoms with van der Waals surface area (Å²) in [5, 5.41) is 0. The van der Waals surface area contributed by atoms with Gasteiger partial charge < -0.3 is 5.73 Å². The number of nitrogens with two attached hydrogens (primary N) is 1. The summed E-state index contributed by atoms with van der Waals surface area (Å²) >= 11 is 5.00. The van der Waals surface area contributed by atoms with Crippen LogP contribution in [0.5, 0.6) is 0 Å². The molecule has 0 aliphatic heterocycles. The summed E-state index contributed by atoms with van der Waals surface area (Å²) in [6, 6.07) is 1.68. The molecule has 0 atom stereocenters. The van der Waals surface area contributed by atoms with Gasteiger partial charge in [0.25, 0.3) is 0 Å². The largest absolute Gasteiger partial charge is 0.393 e. The second-order valence-electron chi connectivity index (χ2n) is 5.33. The average Bonchev–Trinajstić information content (AvgIpc) is 3.03. The molecular formula is C13H24N2S. The molecule has 0 radical (unpaired) electrons. The Balaban J connectivity index is 1.86. The molecule has 0 heterocycles. The molecule has 3 heteroatoms. The molecule has 0 bridgehead atoms. The van der Waals surface area contributed by atoms with Crippen LogP contribution >= 0.6 is 12.2 Å². The average molecular weight is 240 g/mol. The maximum atomic E-state index is 5.63. The fraction of sp³-hybridized carbons (Fsp3) is 0.923. The molecule has 16 heavy (non-hydrogen) atoms. The summed E-state index contributed by atoms with van der Waals surface area (Å²) in [6.45, 7) is 1.10. The van der Waals surface area contributed by atoms with E-state index in [0.29, 0.717) is 4.99 Å². The zero-order valence-corrected chi connectivity index (χ0v) is 11.0. The van der Waals surface area contributed by atoms with E-state index in [4.69, 9.17) is 18.0 Å². The van der Waals surface area contributed by atoms with Crippen LogP contribution < -0.4 is 5.73 Å². The van der Waals surface area contributed by atoms with E-state index in [0.717, 1.165) is 25.0 Å². The van der Waals surface area contributed by atoms with Crippen molar-refractivity contribution in [1.29, 1.82) is 0 Å². The van der Waals surface area contributed by atoms with E-state index < -0.39 is 0 Å². The van der Waals surface area contributed by atoms with E-state index in [1.165, 1.54) is 51.4 Å². The van der Waals surface area contributed by atoms with Gasteiger partial charge in [-0.15, -0.1) is 0 Å². The Morgan fingerprint density at radius 3 is 2.06 bits per heavy atom. The second kappa shape index (κ2) is 5.97. The predicted octanol–water partition coefficient (Wildman–Crippen LogP) is 2.85. The van der Waals surface area contributed by atoms with Gasteiger partial charge in [-0.3, -0.25) is 4.90 Å². The van der Waals surface area contributed by atoms with Gasteiger partial charge in [0.1, 0.15) is 0 Å². The van der Waals surface area contributed by atoms with E-state index >= 15 is 0 Å². The first-order valence-electron chi connectivity index (χ1n) is 6.81. The van der Waals surface area contributed by atoms with Crippen LogP contribution in [0.3, 0.4) is 0 Å². The van der Waals surface area contributed by atoms with Gasteiger partial charge in [0.2, 0.25) is 0 Å². The molecule has 0 saturated heterocycles. The van der Waals surface area contributed by atoms with E-state index in [2.05, 4.69) is 4.90 Å². The molecule has 0 aromatic heterocycles. The molecule has 92 valence electrons.